The van der Waals surface area contributed by atoms with Gasteiger partial charge in [0.25, 0.3) is 5.91 Å². The van der Waals surface area contributed by atoms with E-state index >= 15 is 0 Å². The molecule has 44 heavy (non-hydrogen) atoms. The number of nitrogens with zero attached hydrogens (tertiary/aromatic N) is 1. The van der Waals surface area contributed by atoms with Crippen molar-refractivity contribution in [3.05, 3.63) is 77.6 Å². The quantitative estimate of drug-likeness (QED) is 0.270. The molecule has 11 nitrogen and oxygen atoms in total. The third kappa shape index (κ3) is 6.39. The Balaban J connectivity index is 1.55. The summed E-state index contributed by atoms with van der Waals surface area (Å²) in [7, 11) is -2.32. The second kappa shape index (κ2) is 12.3. The number of nitrogens with one attached hydrogen (secondary N) is 1. The second-order valence-corrected chi connectivity index (χ2v) is 12.4. The van der Waals surface area contributed by atoms with Gasteiger partial charge in [0.15, 0.2) is 0 Å². The molecule has 4 aromatic rings. The van der Waals surface area contributed by atoms with E-state index in [2.05, 4.69) is 5.32 Å². The minimum atomic E-state index is -3.82. The Hall–Kier alpha value is -4.46. The molecule has 232 valence electrons. The number of hydrogen-bond donors (Lipinski definition) is 2. The number of benzene rings is 3. The maximum Gasteiger partial charge on any atom is 0.322 e. The van der Waals surface area contributed by atoms with E-state index in [9.17, 15) is 22.4 Å². The van der Waals surface area contributed by atoms with Crippen LogP contribution in [-0.2, 0) is 24.3 Å². The van der Waals surface area contributed by atoms with Crippen LogP contribution in [0.4, 0.5) is 10.1 Å². The number of fused-ring (bicyclic) bond motifs is 2. The Labute approximate surface area is 253 Å². The smallest absolute Gasteiger partial charge is 0.322 e. The van der Waals surface area contributed by atoms with Crippen molar-refractivity contribution in [1.82, 2.24) is 5.32 Å². The summed E-state index contributed by atoms with van der Waals surface area (Å²) in [4.78, 5) is 25.2. The van der Waals surface area contributed by atoms with Gasteiger partial charge in [0.05, 0.1) is 30.2 Å². The lowest BCUT2D eigenvalue weighted by Gasteiger charge is -2.25. The van der Waals surface area contributed by atoms with Crippen LogP contribution in [0.3, 0.4) is 0 Å². The molecule has 1 amide bonds. The normalized spacial score (nSPS) is 17.5. The highest BCUT2D eigenvalue weighted by Crippen LogP contribution is 2.42. The molecule has 0 aliphatic carbocycles. The fourth-order valence-corrected chi connectivity index (χ4v) is 5.91. The number of hydrogen-bond acceptors (Lipinski definition) is 9. The number of carbonyl (C=O) groups is 2. The Morgan fingerprint density at radius 3 is 2.34 bits per heavy atom. The van der Waals surface area contributed by atoms with Crippen molar-refractivity contribution in [3.63, 3.8) is 0 Å². The number of ether oxygens (including phenoxy) is 3. The van der Waals surface area contributed by atoms with Gasteiger partial charge in [-0.2, -0.15) is 0 Å². The van der Waals surface area contributed by atoms with E-state index in [0.717, 1.165) is 6.26 Å². The monoisotopic (exact) mass is 625 g/mol. The first-order valence-corrected chi connectivity index (χ1v) is 15.6. The lowest BCUT2D eigenvalue weighted by molar-refractivity contribution is -0.150. The lowest BCUT2D eigenvalue weighted by atomic mass is 10.0. The Morgan fingerprint density at radius 2 is 1.75 bits per heavy atom. The maximum absolute atomic E-state index is 13.2. The minimum absolute atomic E-state index is 0.126. The summed E-state index contributed by atoms with van der Waals surface area (Å²) in [6.45, 7) is 2.91. The van der Waals surface area contributed by atoms with E-state index in [-0.39, 0.29) is 35.9 Å². The van der Waals surface area contributed by atoms with Gasteiger partial charge < -0.3 is 29.7 Å². The van der Waals surface area contributed by atoms with Crippen LogP contribution in [-0.4, -0.2) is 58.9 Å². The fourth-order valence-electron chi connectivity index (χ4n) is 4.96. The number of nitrogens with two attached hydrogens (primary N) is 1. The number of esters is 1. The van der Waals surface area contributed by atoms with E-state index in [1.54, 1.807) is 43.3 Å². The average Bonchev–Trinajstić information content (AvgIpc) is 3.29. The molecule has 0 radical (unpaired) electrons. The molecular weight excluding hydrogens is 593 g/mol. The van der Waals surface area contributed by atoms with E-state index in [4.69, 9.17) is 24.4 Å². The van der Waals surface area contributed by atoms with Gasteiger partial charge in [0, 0.05) is 29.6 Å². The first-order valence-electron chi connectivity index (χ1n) is 13.8. The van der Waals surface area contributed by atoms with Crippen molar-refractivity contribution in [1.29, 1.82) is 0 Å². The molecule has 1 aliphatic heterocycles. The van der Waals surface area contributed by atoms with Crippen molar-refractivity contribution < 1.29 is 41.0 Å². The average molecular weight is 626 g/mol. The lowest BCUT2D eigenvalue weighted by Crippen LogP contribution is -2.40. The molecule has 0 bridgehead atoms. The van der Waals surface area contributed by atoms with E-state index in [1.165, 1.54) is 42.5 Å². The maximum atomic E-state index is 13.2. The standard InChI is InChI=1S/C31H32FN3O8S/c1-17(33)31(37)40-16-23-15-35(44(4,38)39)26-14-27-25(13-24(26)18(2)41-23)28(30(36)34-3)29(43-27)19-5-9-21(10-6-19)42-22-11-7-20(32)8-12-22/h5-14,17-18,23H,15-16,33H2,1-4H3,(H,34,36)/t17-,18+,23+/m1/s1. The molecule has 0 fully saturated rings. The SMILES string of the molecule is CNC(=O)c1c(-c2ccc(Oc3ccc(F)cc3)cc2)oc2cc3c(cc12)[C@H](C)O[C@H](COC(=O)[C@@H](C)N)CN3S(C)(=O)=O. The van der Waals surface area contributed by atoms with Gasteiger partial charge in [-0.25, -0.2) is 12.8 Å². The number of anilines is 1. The van der Waals surface area contributed by atoms with Gasteiger partial charge in [-0.15, -0.1) is 0 Å². The van der Waals surface area contributed by atoms with Gasteiger partial charge in [-0.3, -0.25) is 13.9 Å². The predicted molar refractivity (Wildman–Crippen MR) is 162 cm³/mol. The van der Waals surface area contributed by atoms with Crippen molar-refractivity contribution >= 4 is 38.6 Å². The van der Waals surface area contributed by atoms with Gasteiger partial charge >= 0.3 is 5.97 Å². The van der Waals surface area contributed by atoms with Crippen molar-refractivity contribution in [2.24, 2.45) is 5.73 Å². The fraction of sp³-hybridized carbons (Fsp3) is 0.290. The molecule has 2 heterocycles. The third-order valence-electron chi connectivity index (χ3n) is 7.11. The number of carbonyl (C=O) groups excluding carboxylic acids is 2. The summed E-state index contributed by atoms with van der Waals surface area (Å²) in [5.41, 5.74) is 7.52. The first kappa shape index (κ1) is 31.0. The number of halogens is 1. The van der Waals surface area contributed by atoms with Crippen molar-refractivity contribution in [2.45, 2.75) is 32.1 Å². The summed E-state index contributed by atoms with van der Waals surface area (Å²) < 4.78 is 63.8. The largest absolute Gasteiger partial charge is 0.462 e. The summed E-state index contributed by atoms with van der Waals surface area (Å²) in [5.74, 6) is -0.206. The first-order chi connectivity index (χ1) is 20.8. The zero-order chi connectivity index (χ0) is 31.8. The van der Waals surface area contributed by atoms with Crippen molar-refractivity contribution in [3.8, 4) is 22.8 Å². The molecule has 5 rings (SSSR count). The summed E-state index contributed by atoms with van der Waals surface area (Å²) in [6, 6.07) is 14.8. The molecule has 13 heteroatoms. The molecular formula is C31H32FN3O8S. The van der Waals surface area contributed by atoms with Crippen LogP contribution in [0.2, 0.25) is 0 Å². The Bertz CT molecular complexity index is 1800. The summed E-state index contributed by atoms with van der Waals surface area (Å²) >= 11 is 0. The number of sulfonamides is 1. The molecule has 1 aliphatic rings. The minimum Gasteiger partial charge on any atom is -0.462 e. The van der Waals surface area contributed by atoms with Gasteiger partial charge in [-0.05, 0) is 68.4 Å². The number of rotatable bonds is 8. The molecule has 1 aromatic heterocycles. The molecule has 0 saturated carbocycles. The molecule has 0 unspecified atom stereocenters. The number of amides is 1. The third-order valence-corrected chi connectivity index (χ3v) is 8.26. The van der Waals surface area contributed by atoms with Crippen LogP contribution in [0.15, 0.2) is 65.1 Å². The number of furan rings is 1. The second-order valence-electron chi connectivity index (χ2n) is 10.5. The zero-order valence-electron chi connectivity index (χ0n) is 24.5. The molecule has 3 N–H and O–H groups in total. The molecule has 3 atom stereocenters. The molecule has 0 spiro atoms. The molecule has 3 aromatic carbocycles. The highest BCUT2D eigenvalue weighted by Gasteiger charge is 2.34. The highest BCUT2D eigenvalue weighted by molar-refractivity contribution is 7.92. The van der Waals surface area contributed by atoms with Crippen LogP contribution < -0.4 is 20.1 Å². The summed E-state index contributed by atoms with van der Waals surface area (Å²) in [5, 5.41) is 3.10. The predicted octanol–water partition coefficient (Wildman–Crippen LogP) is 4.51. The van der Waals surface area contributed by atoms with Crippen LogP contribution in [0.25, 0.3) is 22.3 Å². The van der Waals surface area contributed by atoms with Crippen molar-refractivity contribution in [2.75, 3.05) is 30.8 Å². The van der Waals surface area contributed by atoms with E-state index in [0.29, 0.717) is 33.7 Å². The van der Waals surface area contributed by atoms with Crippen LogP contribution in [0.1, 0.15) is 35.9 Å². The Morgan fingerprint density at radius 1 is 1.11 bits per heavy atom. The van der Waals surface area contributed by atoms with Gasteiger partial charge in [-0.1, -0.05) is 0 Å². The van der Waals surface area contributed by atoms with Gasteiger partial charge in [0.1, 0.15) is 47.4 Å². The van der Waals surface area contributed by atoms with E-state index < -0.39 is 40.1 Å². The van der Waals surface area contributed by atoms with E-state index in [1.807, 2.05) is 0 Å². The van der Waals surface area contributed by atoms with Crippen LogP contribution in [0, 0.1) is 5.82 Å². The zero-order valence-corrected chi connectivity index (χ0v) is 25.3. The summed E-state index contributed by atoms with van der Waals surface area (Å²) in [6.07, 6.45) is -0.356. The van der Waals surface area contributed by atoms with Crippen LogP contribution >= 0.6 is 0 Å². The van der Waals surface area contributed by atoms with Crippen LogP contribution in [0.5, 0.6) is 11.5 Å². The topological polar surface area (TPSA) is 150 Å². The van der Waals surface area contributed by atoms with Gasteiger partial charge in [0.2, 0.25) is 10.0 Å². The Kier molecular flexibility index (Phi) is 8.64. The highest BCUT2D eigenvalue weighted by atomic mass is 32.2. The molecule has 0 saturated heterocycles.